The standard InChI is InChI=1S/C14H18ClN3S/c1-8-5-4-6-9(2)18(8)14-16-12(15)11-7-10(3)19-13(11)17-14/h7-9H,4-6H2,1-3H3. The van der Waals surface area contributed by atoms with Crippen LogP contribution in [-0.4, -0.2) is 22.1 Å². The van der Waals surface area contributed by atoms with Gasteiger partial charge in [-0.3, -0.25) is 0 Å². The maximum absolute atomic E-state index is 6.32. The summed E-state index contributed by atoms with van der Waals surface area (Å²) in [4.78, 5) is 13.8. The number of hydrogen-bond donors (Lipinski definition) is 0. The summed E-state index contributed by atoms with van der Waals surface area (Å²) in [5.41, 5.74) is 0. The second-order valence-electron chi connectivity index (χ2n) is 5.43. The van der Waals surface area contributed by atoms with Gasteiger partial charge in [0.15, 0.2) is 0 Å². The van der Waals surface area contributed by atoms with Gasteiger partial charge in [-0.1, -0.05) is 11.6 Å². The first-order valence-electron chi connectivity index (χ1n) is 6.78. The maximum atomic E-state index is 6.32. The Morgan fingerprint density at radius 1 is 1.26 bits per heavy atom. The molecule has 1 aliphatic rings. The van der Waals surface area contributed by atoms with Gasteiger partial charge < -0.3 is 4.90 Å². The molecule has 0 bridgehead atoms. The molecule has 3 heterocycles. The lowest BCUT2D eigenvalue weighted by molar-refractivity contribution is 0.408. The van der Waals surface area contributed by atoms with Crippen LogP contribution in [0.3, 0.4) is 0 Å². The summed E-state index contributed by atoms with van der Waals surface area (Å²) in [5, 5.41) is 1.56. The van der Waals surface area contributed by atoms with Gasteiger partial charge in [0.25, 0.3) is 0 Å². The molecule has 3 nitrogen and oxygen atoms in total. The van der Waals surface area contributed by atoms with Gasteiger partial charge in [0.05, 0.1) is 0 Å². The van der Waals surface area contributed by atoms with Crippen LogP contribution in [0, 0.1) is 6.92 Å². The summed E-state index contributed by atoms with van der Waals surface area (Å²) in [6, 6.07) is 3.03. The van der Waals surface area contributed by atoms with E-state index in [2.05, 4.69) is 36.7 Å². The van der Waals surface area contributed by atoms with Crippen LogP contribution >= 0.6 is 22.9 Å². The van der Waals surface area contributed by atoms with Crippen LogP contribution in [0.25, 0.3) is 10.2 Å². The van der Waals surface area contributed by atoms with Crippen LogP contribution in [0.1, 0.15) is 38.0 Å². The predicted molar refractivity (Wildman–Crippen MR) is 82.4 cm³/mol. The molecule has 2 unspecified atom stereocenters. The summed E-state index contributed by atoms with van der Waals surface area (Å²) < 4.78 is 0. The topological polar surface area (TPSA) is 29.0 Å². The van der Waals surface area contributed by atoms with E-state index in [0.717, 1.165) is 16.2 Å². The minimum Gasteiger partial charge on any atom is -0.335 e. The molecule has 2 aromatic heterocycles. The van der Waals surface area contributed by atoms with Crippen molar-refractivity contribution in [2.24, 2.45) is 0 Å². The van der Waals surface area contributed by atoms with Crippen molar-refractivity contribution >= 4 is 39.1 Å². The second-order valence-corrected chi connectivity index (χ2v) is 7.02. The average Bonchev–Trinajstić information content (AvgIpc) is 2.70. The zero-order valence-corrected chi connectivity index (χ0v) is 13.1. The minimum absolute atomic E-state index is 0.485. The van der Waals surface area contributed by atoms with Crippen LogP contribution in [0.2, 0.25) is 5.15 Å². The van der Waals surface area contributed by atoms with Crippen LogP contribution < -0.4 is 4.90 Å². The number of anilines is 1. The zero-order valence-electron chi connectivity index (χ0n) is 11.5. The first-order chi connectivity index (χ1) is 9.06. The van der Waals surface area contributed by atoms with Gasteiger partial charge >= 0.3 is 0 Å². The first kappa shape index (κ1) is 13.1. The van der Waals surface area contributed by atoms with E-state index < -0.39 is 0 Å². The number of nitrogens with zero attached hydrogens (tertiary/aromatic N) is 3. The molecule has 0 N–H and O–H groups in total. The Balaban J connectivity index is 2.08. The molecule has 0 amide bonds. The van der Waals surface area contributed by atoms with Crippen LogP contribution in [0.15, 0.2) is 6.07 Å². The third-order valence-corrected chi connectivity index (χ3v) is 5.11. The molecule has 2 atom stereocenters. The molecule has 0 spiro atoms. The van der Waals surface area contributed by atoms with Gasteiger partial charge in [-0.25, -0.2) is 9.97 Å². The van der Waals surface area contributed by atoms with Crippen molar-refractivity contribution in [1.82, 2.24) is 9.97 Å². The lowest BCUT2D eigenvalue weighted by atomic mass is 9.98. The molecule has 1 saturated heterocycles. The third-order valence-electron chi connectivity index (χ3n) is 3.88. The van der Waals surface area contributed by atoms with E-state index in [1.54, 1.807) is 11.3 Å². The van der Waals surface area contributed by atoms with Crippen molar-refractivity contribution in [3.8, 4) is 0 Å². The Bertz CT molecular complexity index is 600. The number of piperidine rings is 1. The van der Waals surface area contributed by atoms with E-state index >= 15 is 0 Å². The van der Waals surface area contributed by atoms with Crippen molar-refractivity contribution in [2.45, 2.75) is 52.1 Å². The Hall–Kier alpha value is -0.870. The van der Waals surface area contributed by atoms with Gasteiger partial charge in [-0.15, -0.1) is 11.3 Å². The maximum Gasteiger partial charge on any atom is 0.228 e. The van der Waals surface area contributed by atoms with E-state index in [1.165, 1.54) is 24.1 Å². The number of hydrogen-bond acceptors (Lipinski definition) is 4. The highest BCUT2D eigenvalue weighted by molar-refractivity contribution is 7.18. The highest BCUT2D eigenvalue weighted by atomic mass is 35.5. The van der Waals surface area contributed by atoms with Gasteiger partial charge in [0.1, 0.15) is 9.98 Å². The van der Waals surface area contributed by atoms with Crippen molar-refractivity contribution in [2.75, 3.05) is 4.90 Å². The molecule has 1 fully saturated rings. The molecule has 2 aromatic rings. The third kappa shape index (κ3) is 2.32. The van der Waals surface area contributed by atoms with Gasteiger partial charge in [0, 0.05) is 22.3 Å². The molecule has 0 aromatic carbocycles. The van der Waals surface area contributed by atoms with Crippen LogP contribution in [0.5, 0.6) is 0 Å². The molecule has 1 aliphatic heterocycles. The summed E-state index contributed by atoms with van der Waals surface area (Å²) in [7, 11) is 0. The number of thiophene rings is 1. The molecular formula is C14H18ClN3S. The summed E-state index contributed by atoms with van der Waals surface area (Å²) >= 11 is 8.00. The van der Waals surface area contributed by atoms with Crippen molar-refractivity contribution in [3.63, 3.8) is 0 Å². The number of halogens is 1. The molecule has 3 rings (SSSR count). The van der Waals surface area contributed by atoms with E-state index in [4.69, 9.17) is 16.6 Å². The highest BCUT2D eigenvalue weighted by Gasteiger charge is 2.27. The van der Waals surface area contributed by atoms with Crippen LogP contribution in [-0.2, 0) is 0 Å². The fourth-order valence-electron chi connectivity index (χ4n) is 2.93. The zero-order chi connectivity index (χ0) is 13.6. The number of aryl methyl sites for hydroxylation is 1. The monoisotopic (exact) mass is 295 g/mol. The summed E-state index contributed by atoms with van der Waals surface area (Å²) in [6.07, 6.45) is 3.69. The fraction of sp³-hybridized carbons (Fsp3) is 0.571. The van der Waals surface area contributed by atoms with Crippen molar-refractivity contribution < 1.29 is 0 Å². The van der Waals surface area contributed by atoms with E-state index in [9.17, 15) is 0 Å². The molecule has 102 valence electrons. The molecule has 19 heavy (non-hydrogen) atoms. The predicted octanol–water partition coefficient (Wildman–Crippen LogP) is 4.42. The Kier molecular flexibility index (Phi) is 3.39. The lowest BCUT2D eigenvalue weighted by Crippen LogP contribution is -2.44. The minimum atomic E-state index is 0.485. The fourth-order valence-corrected chi connectivity index (χ4v) is 4.08. The average molecular weight is 296 g/mol. The number of fused-ring (bicyclic) bond motifs is 1. The van der Waals surface area contributed by atoms with Gasteiger partial charge in [-0.05, 0) is 46.1 Å². The Morgan fingerprint density at radius 2 is 1.95 bits per heavy atom. The SMILES string of the molecule is Cc1cc2c(Cl)nc(N3C(C)CCCC3C)nc2s1. The smallest absolute Gasteiger partial charge is 0.228 e. The van der Waals surface area contributed by atoms with Gasteiger partial charge in [0.2, 0.25) is 5.95 Å². The normalized spacial score (nSPS) is 24.1. The summed E-state index contributed by atoms with van der Waals surface area (Å²) in [6.45, 7) is 6.57. The number of aromatic nitrogens is 2. The molecule has 5 heteroatoms. The highest BCUT2D eigenvalue weighted by Crippen LogP contribution is 2.33. The summed E-state index contributed by atoms with van der Waals surface area (Å²) in [5.74, 6) is 0.791. The molecule has 0 saturated carbocycles. The van der Waals surface area contributed by atoms with Crippen LogP contribution in [0.4, 0.5) is 5.95 Å². The van der Waals surface area contributed by atoms with E-state index in [-0.39, 0.29) is 0 Å². The second kappa shape index (κ2) is 4.91. The Labute approximate surface area is 122 Å². The van der Waals surface area contributed by atoms with Crippen molar-refractivity contribution in [1.29, 1.82) is 0 Å². The lowest BCUT2D eigenvalue weighted by Gasteiger charge is -2.39. The largest absolute Gasteiger partial charge is 0.335 e. The van der Waals surface area contributed by atoms with Gasteiger partial charge in [-0.2, -0.15) is 0 Å². The quantitative estimate of drug-likeness (QED) is 0.729. The molecule has 0 radical (unpaired) electrons. The molecular weight excluding hydrogens is 278 g/mol. The Morgan fingerprint density at radius 3 is 2.63 bits per heavy atom. The molecule has 0 aliphatic carbocycles. The van der Waals surface area contributed by atoms with E-state index in [0.29, 0.717) is 17.2 Å². The first-order valence-corrected chi connectivity index (χ1v) is 7.97. The van der Waals surface area contributed by atoms with E-state index in [1.807, 2.05) is 0 Å². The van der Waals surface area contributed by atoms with Crippen molar-refractivity contribution in [3.05, 3.63) is 16.1 Å². The number of rotatable bonds is 1.